The highest BCUT2D eigenvalue weighted by Crippen LogP contribution is 2.31. The molecule has 1 aliphatic rings. The first-order valence-corrected chi connectivity index (χ1v) is 11.0. The van der Waals surface area contributed by atoms with Crippen molar-refractivity contribution in [2.24, 2.45) is 0 Å². The number of sulfone groups is 1. The van der Waals surface area contributed by atoms with Crippen LogP contribution in [0.2, 0.25) is 0 Å². The van der Waals surface area contributed by atoms with E-state index in [4.69, 9.17) is 0 Å². The lowest BCUT2D eigenvalue weighted by atomic mass is 10.2. The maximum Gasteiger partial charge on any atom is 0.293 e. The molecule has 27 heavy (non-hydrogen) atoms. The first kappa shape index (κ1) is 19.3. The molecule has 0 N–H and O–H groups in total. The zero-order chi connectivity index (χ0) is 19.8. The van der Waals surface area contributed by atoms with E-state index in [0.29, 0.717) is 36.7 Å². The standard InChI is InChI=1S/C17H19N3O5S2/c1-12-3-6-16(26-12)17(21)19-9-7-18(8-10-19)14-5-4-13(27(2,24)25)11-15(14)20(22)23/h3-6,11H,7-10H2,1-2H3. The number of rotatable bonds is 4. The fourth-order valence-corrected chi connectivity index (χ4v) is 4.48. The molecule has 0 saturated carbocycles. The molecule has 1 fully saturated rings. The summed E-state index contributed by atoms with van der Waals surface area (Å²) >= 11 is 1.45. The number of carbonyl (C=O) groups excluding carboxylic acids is 1. The fourth-order valence-electron chi connectivity index (χ4n) is 3.00. The molecule has 1 aromatic carbocycles. The summed E-state index contributed by atoms with van der Waals surface area (Å²) in [6, 6.07) is 7.65. The number of amides is 1. The van der Waals surface area contributed by atoms with Gasteiger partial charge in [0.2, 0.25) is 0 Å². The Balaban J connectivity index is 1.78. The van der Waals surface area contributed by atoms with Crippen molar-refractivity contribution in [3.05, 3.63) is 50.2 Å². The summed E-state index contributed by atoms with van der Waals surface area (Å²) in [5.74, 6) is -0.0327. The second-order valence-corrected chi connectivity index (χ2v) is 9.67. The lowest BCUT2D eigenvalue weighted by Crippen LogP contribution is -2.48. The third-order valence-electron chi connectivity index (χ3n) is 4.43. The van der Waals surface area contributed by atoms with Gasteiger partial charge in [0.15, 0.2) is 9.84 Å². The molecular formula is C17H19N3O5S2. The summed E-state index contributed by atoms with van der Waals surface area (Å²) in [6.07, 6.45) is 1.02. The van der Waals surface area contributed by atoms with E-state index in [1.807, 2.05) is 24.0 Å². The van der Waals surface area contributed by atoms with Crippen molar-refractivity contribution in [2.45, 2.75) is 11.8 Å². The predicted molar refractivity (Wildman–Crippen MR) is 103 cm³/mol. The van der Waals surface area contributed by atoms with Crippen molar-refractivity contribution < 1.29 is 18.1 Å². The maximum atomic E-state index is 12.5. The number of nitrogens with zero attached hydrogens (tertiary/aromatic N) is 3. The highest BCUT2D eigenvalue weighted by molar-refractivity contribution is 7.90. The molecular weight excluding hydrogens is 390 g/mol. The molecule has 8 nitrogen and oxygen atoms in total. The van der Waals surface area contributed by atoms with E-state index in [2.05, 4.69) is 0 Å². The minimum Gasteiger partial charge on any atom is -0.362 e. The number of hydrogen-bond acceptors (Lipinski definition) is 7. The number of anilines is 1. The maximum absolute atomic E-state index is 12.5. The molecule has 0 atom stereocenters. The van der Waals surface area contributed by atoms with Crippen LogP contribution in [0.3, 0.4) is 0 Å². The number of aryl methyl sites for hydroxylation is 1. The lowest BCUT2D eigenvalue weighted by molar-refractivity contribution is -0.384. The largest absolute Gasteiger partial charge is 0.362 e. The van der Waals surface area contributed by atoms with Crippen LogP contribution in [0.5, 0.6) is 0 Å². The highest BCUT2D eigenvalue weighted by atomic mass is 32.2. The Labute approximate surface area is 161 Å². The summed E-state index contributed by atoms with van der Waals surface area (Å²) in [6.45, 7) is 3.71. The molecule has 3 rings (SSSR count). The molecule has 0 radical (unpaired) electrons. The van der Waals surface area contributed by atoms with Crippen LogP contribution < -0.4 is 4.90 Å². The van der Waals surface area contributed by atoms with Crippen LogP contribution in [0.25, 0.3) is 0 Å². The number of carbonyl (C=O) groups is 1. The van der Waals surface area contributed by atoms with Gasteiger partial charge in [0.1, 0.15) is 5.69 Å². The number of nitro groups is 1. The van der Waals surface area contributed by atoms with E-state index in [-0.39, 0.29) is 16.5 Å². The lowest BCUT2D eigenvalue weighted by Gasteiger charge is -2.35. The molecule has 1 saturated heterocycles. The molecule has 2 heterocycles. The summed E-state index contributed by atoms with van der Waals surface area (Å²) in [5, 5.41) is 11.4. The van der Waals surface area contributed by atoms with Crippen molar-refractivity contribution in [3.8, 4) is 0 Å². The van der Waals surface area contributed by atoms with Crippen molar-refractivity contribution in [3.63, 3.8) is 0 Å². The van der Waals surface area contributed by atoms with E-state index < -0.39 is 14.8 Å². The van der Waals surface area contributed by atoms with Crippen molar-refractivity contribution in [1.82, 2.24) is 4.90 Å². The SMILES string of the molecule is Cc1ccc(C(=O)N2CCN(c3ccc(S(C)(=O)=O)cc3[N+](=O)[O-])CC2)s1. The smallest absolute Gasteiger partial charge is 0.293 e. The first-order valence-electron chi connectivity index (χ1n) is 8.26. The van der Waals surface area contributed by atoms with Crippen LogP contribution in [-0.2, 0) is 9.84 Å². The highest BCUT2D eigenvalue weighted by Gasteiger charge is 2.28. The van der Waals surface area contributed by atoms with E-state index in [0.717, 1.165) is 17.2 Å². The van der Waals surface area contributed by atoms with Gasteiger partial charge in [0.25, 0.3) is 11.6 Å². The van der Waals surface area contributed by atoms with Crippen molar-refractivity contribution in [1.29, 1.82) is 0 Å². The molecule has 144 valence electrons. The minimum absolute atomic E-state index is 0.0327. The van der Waals surface area contributed by atoms with Crippen LogP contribution in [0.1, 0.15) is 14.5 Å². The van der Waals surface area contributed by atoms with E-state index in [1.165, 1.54) is 23.5 Å². The zero-order valence-electron chi connectivity index (χ0n) is 14.9. The zero-order valence-corrected chi connectivity index (χ0v) is 16.5. The Morgan fingerprint density at radius 1 is 1.15 bits per heavy atom. The number of piperazine rings is 1. The molecule has 0 aliphatic carbocycles. The molecule has 10 heteroatoms. The molecule has 1 aromatic heterocycles. The van der Waals surface area contributed by atoms with Crippen LogP contribution >= 0.6 is 11.3 Å². The molecule has 0 unspecified atom stereocenters. The van der Waals surface area contributed by atoms with Crippen molar-refractivity contribution >= 4 is 38.5 Å². The second-order valence-electron chi connectivity index (χ2n) is 6.37. The predicted octanol–water partition coefficient (Wildman–Crippen LogP) is 2.33. The monoisotopic (exact) mass is 409 g/mol. The first-order chi connectivity index (χ1) is 12.7. The molecule has 0 spiro atoms. The van der Waals surface area contributed by atoms with Gasteiger partial charge >= 0.3 is 0 Å². The minimum atomic E-state index is -3.53. The Hall–Kier alpha value is -2.46. The van der Waals surface area contributed by atoms with Gasteiger partial charge in [-0.15, -0.1) is 11.3 Å². The Morgan fingerprint density at radius 2 is 1.81 bits per heavy atom. The Kier molecular flexibility index (Phi) is 5.20. The summed E-state index contributed by atoms with van der Waals surface area (Å²) in [4.78, 5) is 28.6. The van der Waals surface area contributed by atoms with Gasteiger partial charge in [0.05, 0.1) is 14.7 Å². The number of thiophene rings is 1. The molecule has 1 aliphatic heterocycles. The van der Waals surface area contributed by atoms with E-state index in [1.54, 1.807) is 4.90 Å². The number of hydrogen-bond donors (Lipinski definition) is 0. The van der Waals surface area contributed by atoms with Gasteiger partial charge in [-0.1, -0.05) is 0 Å². The summed E-state index contributed by atoms with van der Waals surface area (Å²) < 4.78 is 23.3. The fraction of sp³-hybridized carbons (Fsp3) is 0.353. The third kappa shape index (κ3) is 4.11. The normalized spacial score (nSPS) is 15.0. The average Bonchev–Trinajstić information content (AvgIpc) is 3.06. The molecule has 1 amide bonds. The van der Waals surface area contributed by atoms with Crippen molar-refractivity contribution in [2.75, 3.05) is 37.3 Å². The third-order valence-corrected chi connectivity index (χ3v) is 6.53. The van der Waals surface area contributed by atoms with Gasteiger partial charge in [-0.05, 0) is 31.2 Å². The average molecular weight is 409 g/mol. The number of benzene rings is 1. The van der Waals surface area contributed by atoms with Gasteiger partial charge in [-0.2, -0.15) is 0 Å². The summed E-state index contributed by atoms with van der Waals surface area (Å²) in [5.41, 5.74) is 0.123. The van der Waals surface area contributed by atoms with E-state index in [9.17, 15) is 23.3 Å². The topological polar surface area (TPSA) is 101 Å². The van der Waals surface area contributed by atoms with Gasteiger partial charge in [0, 0.05) is 43.4 Å². The van der Waals surface area contributed by atoms with Gasteiger partial charge in [-0.3, -0.25) is 14.9 Å². The van der Waals surface area contributed by atoms with Gasteiger partial charge < -0.3 is 9.80 Å². The summed E-state index contributed by atoms with van der Waals surface area (Å²) in [7, 11) is -3.53. The van der Waals surface area contributed by atoms with Crippen LogP contribution in [0, 0.1) is 17.0 Å². The number of nitro benzene ring substituents is 1. The Bertz CT molecular complexity index is 992. The Morgan fingerprint density at radius 3 is 2.33 bits per heavy atom. The van der Waals surface area contributed by atoms with Crippen LogP contribution in [0.4, 0.5) is 11.4 Å². The van der Waals surface area contributed by atoms with Crippen LogP contribution in [0.15, 0.2) is 35.2 Å². The molecule has 0 bridgehead atoms. The quantitative estimate of drug-likeness (QED) is 0.567. The second kappa shape index (κ2) is 7.28. The van der Waals surface area contributed by atoms with Crippen LogP contribution in [-0.4, -0.2) is 56.6 Å². The molecule has 2 aromatic rings. The van der Waals surface area contributed by atoms with Gasteiger partial charge in [-0.25, -0.2) is 8.42 Å². The van der Waals surface area contributed by atoms with E-state index >= 15 is 0 Å².